The zero-order chi connectivity index (χ0) is 16.7. The summed E-state index contributed by atoms with van der Waals surface area (Å²) < 4.78 is 0. The van der Waals surface area contributed by atoms with E-state index in [9.17, 15) is 9.59 Å². The SMILES string of the molecule is CCN1CCN(C(=O)c2cc3c(C)cc(C)c(C)c3[nH]2)CC1=O. The molecule has 1 aromatic carbocycles. The second kappa shape index (κ2) is 5.72. The first-order valence-electron chi connectivity index (χ1n) is 8.09. The number of fused-ring (bicyclic) bond motifs is 1. The number of carbonyl (C=O) groups is 2. The number of nitrogens with zero attached hydrogens (tertiary/aromatic N) is 2. The standard InChI is InChI=1S/C18H23N3O2/c1-5-20-6-7-21(10-16(20)22)18(23)15-9-14-12(3)8-11(2)13(4)17(14)19-15/h8-9,19H,5-7,10H2,1-4H3. The maximum atomic E-state index is 12.7. The summed E-state index contributed by atoms with van der Waals surface area (Å²) in [6, 6.07) is 4.05. The normalized spacial score (nSPS) is 15.6. The lowest BCUT2D eigenvalue weighted by Gasteiger charge is -2.33. The Kier molecular flexibility index (Phi) is 3.88. The van der Waals surface area contributed by atoms with Crippen LogP contribution in [-0.4, -0.2) is 52.8 Å². The number of carbonyl (C=O) groups excluding carboxylic acids is 2. The monoisotopic (exact) mass is 313 g/mol. The summed E-state index contributed by atoms with van der Waals surface area (Å²) in [5.41, 5.74) is 5.11. The van der Waals surface area contributed by atoms with Gasteiger partial charge in [-0.25, -0.2) is 0 Å². The van der Waals surface area contributed by atoms with E-state index in [1.807, 2.05) is 13.0 Å². The van der Waals surface area contributed by atoms with E-state index >= 15 is 0 Å². The first kappa shape index (κ1) is 15.6. The summed E-state index contributed by atoms with van der Waals surface area (Å²) >= 11 is 0. The number of aromatic amines is 1. The number of hydrogen-bond donors (Lipinski definition) is 1. The van der Waals surface area contributed by atoms with Gasteiger partial charge in [-0.1, -0.05) is 6.07 Å². The molecule has 0 saturated carbocycles. The second-order valence-electron chi connectivity index (χ2n) is 6.31. The van der Waals surface area contributed by atoms with E-state index in [1.54, 1.807) is 9.80 Å². The number of nitrogens with one attached hydrogen (secondary N) is 1. The Hall–Kier alpha value is -2.30. The van der Waals surface area contributed by atoms with Crippen LogP contribution in [0.5, 0.6) is 0 Å². The molecule has 0 radical (unpaired) electrons. The van der Waals surface area contributed by atoms with Crippen LogP contribution in [0.2, 0.25) is 0 Å². The molecule has 1 aliphatic heterocycles. The number of piperazine rings is 1. The fraction of sp³-hybridized carbons (Fsp3) is 0.444. The number of amides is 2. The Bertz CT molecular complexity index is 791. The van der Waals surface area contributed by atoms with Crippen molar-refractivity contribution in [2.75, 3.05) is 26.2 Å². The van der Waals surface area contributed by atoms with Crippen molar-refractivity contribution < 1.29 is 9.59 Å². The third-order valence-electron chi connectivity index (χ3n) is 4.86. The summed E-state index contributed by atoms with van der Waals surface area (Å²) in [4.78, 5) is 31.4. The minimum atomic E-state index is -0.0956. The molecule has 1 aliphatic rings. The van der Waals surface area contributed by atoms with Gasteiger partial charge in [-0.2, -0.15) is 0 Å². The molecule has 5 nitrogen and oxygen atoms in total. The molecule has 2 heterocycles. The molecule has 1 saturated heterocycles. The highest BCUT2D eigenvalue weighted by atomic mass is 16.2. The fourth-order valence-electron chi connectivity index (χ4n) is 3.27. The Morgan fingerprint density at radius 3 is 2.57 bits per heavy atom. The van der Waals surface area contributed by atoms with E-state index in [1.165, 1.54) is 5.56 Å². The summed E-state index contributed by atoms with van der Waals surface area (Å²) in [6.45, 7) is 10.2. The van der Waals surface area contributed by atoms with Crippen molar-refractivity contribution in [1.82, 2.24) is 14.8 Å². The lowest BCUT2D eigenvalue weighted by atomic mass is 10.0. The Balaban J connectivity index is 1.92. The van der Waals surface area contributed by atoms with Crippen LogP contribution in [0.25, 0.3) is 10.9 Å². The van der Waals surface area contributed by atoms with Crippen molar-refractivity contribution in [1.29, 1.82) is 0 Å². The molecule has 0 spiro atoms. The molecular weight excluding hydrogens is 290 g/mol. The van der Waals surface area contributed by atoms with Crippen LogP contribution < -0.4 is 0 Å². The van der Waals surface area contributed by atoms with Crippen molar-refractivity contribution in [2.24, 2.45) is 0 Å². The molecule has 0 bridgehead atoms. The van der Waals surface area contributed by atoms with Gasteiger partial charge >= 0.3 is 0 Å². The quantitative estimate of drug-likeness (QED) is 0.925. The molecule has 2 amide bonds. The molecule has 0 atom stereocenters. The van der Waals surface area contributed by atoms with Gasteiger partial charge in [-0.05, 0) is 50.5 Å². The molecule has 1 fully saturated rings. The summed E-state index contributed by atoms with van der Waals surface area (Å²) in [5, 5.41) is 1.08. The zero-order valence-electron chi connectivity index (χ0n) is 14.2. The molecule has 5 heteroatoms. The summed E-state index contributed by atoms with van der Waals surface area (Å²) in [7, 11) is 0. The largest absolute Gasteiger partial charge is 0.350 e. The van der Waals surface area contributed by atoms with Crippen LogP contribution >= 0.6 is 0 Å². The van der Waals surface area contributed by atoms with Crippen LogP contribution in [0.15, 0.2) is 12.1 Å². The van der Waals surface area contributed by atoms with Gasteiger partial charge in [0.2, 0.25) is 5.91 Å². The number of rotatable bonds is 2. The van der Waals surface area contributed by atoms with Crippen LogP contribution in [-0.2, 0) is 4.79 Å². The number of benzene rings is 1. The Labute approximate surface area is 136 Å². The lowest BCUT2D eigenvalue weighted by molar-refractivity contribution is -0.134. The maximum absolute atomic E-state index is 12.7. The van der Waals surface area contributed by atoms with E-state index in [0.717, 1.165) is 22.0 Å². The molecule has 0 aliphatic carbocycles. The fourth-order valence-corrected chi connectivity index (χ4v) is 3.27. The van der Waals surface area contributed by atoms with Crippen molar-refractivity contribution in [2.45, 2.75) is 27.7 Å². The molecule has 0 unspecified atom stereocenters. The molecule has 23 heavy (non-hydrogen) atoms. The number of aromatic nitrogens is 1. The van der Waals surface area contributed by atoms with E-state index in [0.29, 0.717) is 25.3 Å². The third kappa shape index (κ3) is 2.60. The number of aryl methyl sites for hydroxylation is 3. The van der Waals surface area contributed by atoms with Gasteiger partial charge in [-0.15, -0.1) is 0 Å². The van der Waals surface area contributed by atoms with Crippen LogP contribution in [0, 0.1) is 20.8 Å². The maximum Gasteiger partial charge on any atom is 0.270 e. The highest BCUT2D eigenvalue weighted by molar-refractivity contribution is 6.01. The van der Waals surface area contributed by atoms with Gasteiger partial charge in [-0.3, -0.25) is 9.59 Å². The number of H-pyrrole nitrogens is 1. The van der Waals surface area contributed by atoms with E-state index in [4.69, 9.17) is 0 Å². The molecule has 122 valence electrons. The Morgan fingerprint density at radius 2 is 1.91 bits per heavy atom. The topological polar surface area (TPSA) is 56.4 Å². The van der Waals surface area contributed by atoms with Gasteiger partial charge in [0, 0.05) is 30.5 Å². The molecule has 3 rings (SSSR count). The van der Waals surface area contributed by atoms with Crippen molar-refractivity contribution in [3.8, 4) is 0 Å². The predicted molar refractivity (Wildman–Crippen MR) is 90.7 cm³/mol. The predicted octanol–water partition coefficient (Wildman–Crippen LogP) is 2.40. The van der Waals surface area contributed by atoms with Gasteiger partial charge < -0.3 is 14.8 Å². The lowest BCUT2D eigenvalue weighted by Crippen LogP contribution is -2.52. The van der Waals surface area contributed by atoms with Gasteiger partial charge in [0.15, 0.2) is 0 Å². The minimum Gasteiger partial charge on any atom is -0.350 e. The van der Waals surface area contributed by atoms with Crippen molar-refractivity contribution in [3.63, 3.8) is 0 Å². The number of likely N-dealkylation sites (N-methyl/N-ethyl adjacent to an activating group) is 1. The highest BCUT2D eigenvalue weighted by Crippen LogP contribution is 2.26. The van der Waals surface area contributed by atoms with Gasteiger partial charge in [0.05, 0.1) is 0 Å². The third-order valence-corrected chi connectivity index (χ3v) is 4.86. The van der Waals surface area contributed by atoms with E-state index in [-0.39, 0.29) is 18.4 Å². The van der Waals surface area contributed by atoms with Gasteiger partial charge in [0.1, 0.15) is 12.2 Å². The van der Waals surface area contributed by atoms with Crippen molar-refractivity contribution >= 4 is 22.7 Å². The minimum absolute atomic E-state index is 0.0198. The highest BCUT2D eigenvalue weighted by Gasteiger charge is 2.27. The zero-order valence-corrected chi connectivity index (χ0v) is 14.2. The average molecular weight is 313 g/mol. The molecule has 1 aromatic heterocycles. The molecular formula is C18H23N3O2. The molecule has 1 N–H and O–H groups in total. The van der Waals surface area contributed by atoms with Crippen LogP contribution in [0.1, 0.15) is 34.1 Å². The van der Waals surface area contributed by atoms with E-state index in [2.05, 4.69) is 31.8 Å². The summed E-state index contributed by atoms with van der Waals surface area (Å²) in [5.74, 6) is -0.0758. The van der Waals surface area contributed by atoms with Crippen molar-refractivity contribution in [3.05, 3.63) is 34.5 Å². The molecule has 2 aromatic rings. The summed E-state index contributed by atoms with van der Waals surface area (Å²) in [6.07, 6.45) is 0. The Morgan fingerprint density at radius 1 is 1.17 bits per heavy atom. The van der Waals surface area contributed by atoms with Crippen LogP contribution in [0.4, 0.5) is 0 Å². The first-order valence-corrected chi connectivity index (χ1v) is 8.09. The smallest absolute Gasteiger partial charge is 0.270 e. The second-order valence-corrected chi connectivity index (χ2v) is 6.31. The van der Waals surface area contributed by atoms with Crippen LogP contribution in [0.3, 0.4) is 0 Å². The number of hydrogen-bond acceptors (Lipinski definition) is 2. The van der Waals surface area contributed by atoms with E-state index < -0.39 is 0 Å². The van der Waals surface area contributed by atoms with Gasteiger partial charge in [0.25, 0.3) is 5.91 Å². The first-order chi connectivity index (χ1) is 10.9. The average Bonchev–Trinajstić information content (AvgIpc) is 2.98.